The number of hydrogen-bond acceptors (Lipinski definition) is 3. The summed E-state index contributed by atoms with van der Waals surface area (Å²) in [5, 5.41) is 8.44. The molecule has 1 fully saturated rings. The molecule has 0 aromatic heterocycles. The van der Waals surface area contributed by atoms with Gasteiger partial charge in [-0.3, -0.25) is 4.79 Å². The summed E-state index contributed by atoms with van der Waals surface area (Å²) in [6.45, 7) is 2.90. The maximum absolute atomic E-state index is 11.6. The highest BCUT2D eigenvalue weighted by molar-refractivity contribution is 5.77. The molecule has 1 rings (SSSR count). The zero-order valence-corrected chi connectivity index (χ0v) is 10.8. The molecule has 0 radical (unpaired) electrons. The quantitative estimate of drug-likeness (QED) is 0.735. The molecule has 0 spiro atoms. The van der Waals surface area contributed by atoms with Crippen molar-refractivity contribution in [1.82, 2.24) is 4.90 Å². The van der Waals surface area contributed by atoms with Crippen LogP contribution in [-0.4, -0.2) is 37.1 Å². The smallest absolute Gasteiger partial charge is 0.248 e. The highest BCUT2D eigenvalue weighted by Gasteiger charge is 2.20. The molecular formula is C13H22N2O2. The van der Waals surface area contributed by atoms with Crippen LogP contribution in [0.5, 0.6) is 0 Å². The van der Waals surface area contributed by atoms with Gasteiger partial charge in [-0.1, -0.05) is 6.92 Å². The van der Waals surface area contributed by atoms with Crippen molar-refractivity contribution in [3.63, 3.8) is 0 Å². The molecule has 1 aliphatic carbocycles. The number of likely N-dealkylation sites (N-methyl/N-ethyl adjacent to an activating group) is 1. The van der Waals surface area contributed by atoms with E-state index >= 15 is 0 Å². The van der Waals surface area contributed by atoms with Crippen molar-refractivity contribution >= 4 is 5.91 Å². The highest BCUT2D eigenvalue weighted by Crippen LogP contribution is 2.25. The SMILES string of the molecule is CC1CCC(OCC(=O)N(C)CCC#N)CC1. The Morgan fingerprint density at radius 3 is 2.65 bits per heavy atom. The van der Waals surface area contributed by atoms with Gasteiger partial charge < -0.3 is 9.64 Å². The van der Waals surface area contributed by atoms with Gasteiger partial charge in [-0.15, -0.1) is 0 Å². The monoisotopic (exact) mass is 238 g/mol. The molecule has 96 valence electrons. The molecule has 4 heteroatoms. The standard InChI is InChI=1S/C13H22N2O2/c1-11-4-6-12(7-5-11)17-10-13(16)15(2)9-3-8-14/h11-12H,3-7,9-10H2,1-2H3. The third kappa shape index (κ3) is 5.18. The second-order valence-electron chi connectivity index (χ2n) is 4.92. The molecule has 0 aromatic rings. The predicted molar refractivity (Wildman–Crippen MR) is 65.2 cm³/mol. The molecule has 0 heterocycles. The Morgan fingerprint density at radius 2 is 2.06 bits per heavy atom. The van der Waals surface area contributed by atoms with Gasteiger partial charge >= 0.3 is 0 Å². The summed E-state index contributed by atoms with van der Waals surface area (Å²) in [5.41, 5.74) is 0. The fourth-order valence-electron chi connectivity index (χ4n) is 2.04. The minimum absolute atomic E-state index is 0.0288. The van der Waals surface area contributed by atoms with Crippen LogP contribution in [0.4, 0.5) is 0 Å². The van der Waals surface area contributed by atoms with Crippen LogP contribution in [0.2, 0.25) is 0 Å². The first-order chi connectivity index (χ1) is 8.13. The van der Waals surface area contributed by atoms with E-state index in [2.05, 4.69) is 6.92 Å². The lowest BCUT2D eigenvalue weighted by molar-refractivity contribution is -0.137. The summed E-state index contributed by atoms with van der Waals surface area (Å²) in [6.07, 6.45) is 5.15. The molecule has 1 amide bonds. The molecule has 1 aliphatic rings. The van der Waals surface area contributed by atoms with E-state index in [1.54, 1.807) is 11.9 Å². The first-order valence-corrected chi connectivity index (χ1v) is 6.36. The van der Waals surface area contributed by atoms with Crippen LogP contribution < -0.4 is 0 Å². The van der Waals surface area contributed by atoms with Crippen LogP contribution in [0, 0.1) is 17.2 Å². The van der Waals surface area contributed by atoms with Gasteiger partial charge in [0, 0.05) is 13.6 Å². The van der Waals surface area contributed by atoms with Gasteiger partial charge in [-0.05, 0) is 31.6 Å². The van der Waals surface area contributed by atoms with Crippen molar-refractivity contribution < 1.29 is 9.53 Å². The molecule has 0 aliphatic heterocycles. The molecule has 4 nitrogen and oxygen atoms in total. The lowest BCUT2D eigenvalue weighted by Crippen LogP contribution is -2.33. The highest BCUT2D eigenvalue weighted by atomic mass is 16.5. The maximum Gasteiger partial charge on any atom is 0.248 e. The number of carbonyl (C=O) groups excluding carboxylic acids is 1. The molecule has 0 unspecified atom stereocenters. The Kier molecular flexibility index (Phi) is 5.99. The van der Waals surface area contributed by atoms with Crippen LogP contribution in [-0.2, 0) is 9.53 Å². The van der Waals surface area contributed by atoms with Crippen LogP contribution >= 0.6 is 0 Å². The van der Waals surface area contributed by atoms with Crippen LogP contribution in [0.1, 0.15) is 39.0 Å². The zero-order chi connectivity index (χ0) is 12.7. The van der Waals surface area contributed by atoms with Gasteiger partial charge in [-0.25, -0.2) is 0 Å². The van der Waals surface area contributed by atoms with E-state index in [1.165, 1.54) is 12.8 Å². The molecule has 0 bridgehead atoms. The largest absolute Gasteiger partial charge is 0.368 e. The number of nitriles is 1. The lowest BCUT2D eigenvalue weighted by atomic mass is 9.89. The van der Waals surface area contributed by atoms with E-state index in [1.807, 2.05) is 6.07 Å². The summed E-state index contributed by atoms with van der Waals surface area (Å²) in [6, 6.07) is 2.03. The molecule has 0 atom stereocenters. The maximum atomic E-state index is 11.6. The summed E-state index contributed by atoms with van der Waals surface area (Å²) >= 11 is 0. The van der Waals surface area contributed by atoms with Crippen LogP contribution in [0.3, 0.4) is 0 Å². The first kappa shape index (κ1) is 14.0. The Morgan fingerprint density at radius 1 is 1.41 bits per heavy atom. The fraction of sp³-hybridized carbons (Fsp3) is 0.846. The fourth-order valence-corrected chi connectivity index (χ4v) is 2.04. The molecule has 0 N–H and O–H groups in total. The van der Waals surface area contributed by atoms with Gasteiger partial charge in [-0.2, -0.15) is 5.26 Å². The molecule has 0 saturated heterocycles. The number of nitrogens with zero attached hydrogens (tertiary/aromatic N) is 2. The van der Waals surface area contributed by atoms with E-state index < -0.39 is 0 Å². The van der Waals surface area contributed by atoms with Crippen molar-refractivity contribution in [2.75, 3.05) is 20.2 Å². The molecule has 1 saturated carbocycles. The summed E-state index contributed by atoms with van der Waals surface area (Å²) < 4.78 is 5.62. The number of rotatable bonds is 5. The Balaban J connectivity index is 2.17. The number of amides is 1. The van der Waals surface area contributed by atoms with E-state index in [4.69, 9.17) is 10.00 Å². The third-order valence-electron chi connectivity index (χ3n) is 3.39. The van der Waals surface area contributed by atoms with Gasteiger partial charge in [0.25, 0.3) is 0 Å². The van der Waals surface area contributed by atoms with Gasteiger partial charge in [0.2, 0.25) is 5.91 Å². The van der Waals surface area contributed by atoms with Gasteiger partial charge in [0.05, 0.1) is 18.6 Å². The topological polar surface area (TPSA) is 53.3 Å². The average molecular weight is 238 g/mol. The summed E-state index contributed by atoms with van der Waals surface area (Å²) in [4.78, 5) is 13.2. The molecule has 17 heavy (non-hydrogen) atoms. The number of hydrogen-bond donors (Lipinski definition) is 0. The number of carbonyl (C=O) groups is 1. The second kappa shape index (κ2) is 7.29. The zero-order valence-electron chi connectivity index (χ0n) is 10.8. The van der Waals surface area contributed by atoms with Crippen LogP contribution in [0.25, 0.3) is 0 Å². The van der Waals surface area contributed by atoms with Crippen molar-refractivity contribution in [2.45, 2.75) is 45.1 Å². The van der Waals surface area contributed by atoms with Crippen molar-refractivity contribution in [3.05, 3.63) is 0 Å². The van der Waals surface area contributed by atoms with Crippen molar-refractivity contribution in [1.29, 1.82) is 5.26 Å². The van der Waals surface area contributed by atoms with Gasteiger partial charge in [0.1, 0.15) is 6.61 Å². The molecule has 0 aromatic carbocycles. The van der Waals surface area contributed by atoms with E-state index in [9.17, 15) is 4.79 Å². The second-order valence-corrected chi connectivity index (χ2v) is 4.92. The Bertz CT molecular complexity index is 278. The lowest BCUT2D eigenvalue weighted by Gasteiger charge is -2.26. The first-order valence-electron chi connectivity index (χ1n) is 6.36. The van der Waals surface area contributed by atoms with Crippen molar-refractivity contribution in [2.24, 2.45) is 5.92 Å². The number of ether oxygens (including phenoxy) is 1. The van der Waals surface area contributed by atoms with E-state index in [-0.39, 0.29) is 18.6 Å². The summed E-state index contributed by atoms with van der Waals surface area (Å²) in [7, 11) is 1.71. The predicted octanol–water partition coefficient (Wildman–Crippen LogP) is 1.95. The molecular weight excluding hydrogens is 216 g/mol. The minimum Gasteiger partial charge on any atom is -0.368 e. The minimum atomic E-state index is -0.0288. The van der Waals surface area contributed by atoms with Crippen LogP contribution in [0.15, 0.2) is 0 Å². The third-order valence-corrected chi connectivity index (χ3v) is 3.39. The Hall–Kier alpha value is -1.08. The average Bonchev–Trinajstić information content (AvgIpc) is 2.34. The normalized spacial score (nSPS) is 24.1. The van der Waals surface area contributed by atoms with E-state index in [0.717, 1.165) is 18.8 Å². The van der Waals surface area contributed by atoms with Crippen molar-refractivity contribution in [3.8, 4) is 6.07 Å². The van der Waals surface area contributed by atoms with Gasteiger partial charge in [0.15, 0.2) is 0 Å². The van der Waals surface area contributed by atoms with E-state index in [0.29, 0.717) is 13.0 Å². The Labute approximate surface area is 104 Å². The summed E-state index contributed by atoms with van der Waals surface area (Å²) in [5.74, 6) is 0.766.